The zero-order valence-corrected chi connectivity index (χ0v) is 12.9. The van der Waals surface area contributed by atoms with E-state index < -0.39 is 15.8 Å². The number of hydrogen-bond acceptors (Lipinski definition) is 3. The van der Waals surface area contributed by atoms with Crippen LogP contribution < -0.4 is 5.73 Å². The first-order chi connectivity index (χ1) is 9.25. The molecule has 1 heterocycles. The van der Waals surface area contributed by atoms with Crippen LogP contribution in [0.5, 0.6) is 0 Å². The summed E-state index contributed by atoms with van der Waals surface area (Å²) in [5, 5.41) is 0. The minimum Gasteiger partial charge on any atom is -0.398 e. The summed E-state index contributed by atoms with van der Waals surface area (Å²) >= 11 is 0. The second kappa shape index (κ2) is 5.33. The van der Waals surface area contributed by atoms with Crippen LogP contribution in [-0.4, -0.2) is 24.8 Å². The van der Waals surface area contributed by atoms with Crippen molar-refractivity contribution >= 4 is 15.7 Å². The lowest BCUT2D eigenvalue weighted by atomic mass is 10.0. The third-order valence-corrected chi connectivity index (χ3v) is 6.13. The Labute approximate surface area is 119 Å². The number of anilines is 1. The lowest BCUT2D eigenvalue weighted by Crippen LogP contribution is -2.47. The van der Waals surface area contributed by atoms with Gasteiger partial charge in [-0.05, 0) is 51.3 Å². The number of nitrogens with zero attached hydrogens (tertiary/aromatic N) is 1. The Morgan fingerprint density at radius 3 is 2.35 bits per heavy atom. The molecule has 2 atom stereocenters. The summed E-state index contributed by atoms with van der Waals surface area (Å²) in [7, 11) is -3.85. The molecule has 0 aliphatic carbocycles. The molecule has 1 aromatic rings. The fourth-order valence-electron chi connectivity index (χ4n) is 2.85. The maximum absolute atomic E-state index is 14.1. The first-order valence-electron chi connectivity index (χ1n) is 6.84. The Bertz CT molecular complexity index is 606. The van der Waals surface area contributed by atoms with Crippen LogP contribution >= 0.6 is 0 Å². The number of halogens is 1. The van der Waals surface area contributed by atoms with Gasteiger partial charge in [0.2, 0.25) is 10.0 Å². The number of piperidine rings is 1. The van der Waals surface area contributed by atoms with Crippen LogP contribution in [0.1, 0.15) is 38.7 Å². The van der Waals surface area contributed by atoms with Gasteiger partial charge in [-0.15, -0.1) is 0 Å². The normalized spacial score (nSPS) is 24.8. The fourth-order valence-corrected chi connectivity index (χ4v) is 4.82. The first kappa shape index (κ1) is 15.3. The highest BCUT2D eigenvalue weighted by Gasteiger charge is 2.37. The van der Waals surface area contributed by atoms with Gasteiger partial charge >= 0.3 is 0 Å². The topological polar surface area (TPSA) is 63.4 Å². The van der Waals surface area contributed by atoms with Crippen molar-refractivity contribution in [3.8, 4) is 0 Å². The number of nitrogens with two attached hydrogens (primary N) is 1. The standard InChI is InChI=1S/C14H21FN2O2S/c1-9-7-12(15)14(8-13(9)16)20(18,19)17-10(2)5-4-6-11(17)3/h7-8,10-11H,4-6,16H2,1-3H3. The number of sulfonamides is 1. The molecule has 1 saturated heterocycles. The molecule has 1 aliphatic rings. The van der Waals surface area contributed by atoms with Crippen LogP contribution in [0, 0.1) is 12.7 Å². The minimum absolute atomic E-state index is 0.120. The van der Waals surface area contributed by atoms with Crippen molar-refractivity contribution in [1.29, 1.82) is 0 Å². The average molecular weight is 300 g/mol. The van der Waals surface area contributed by atoms with Crippen molar-refractivity contribution in [2.45, 2.75) is 57.0 Å². The van der Waals surface area contributed by atoms with Crippen LogP contribution in [0.3, 0.4) is 0 Å². The summed E-state index contributed by atoms with van der Waals surface area (Å²) in [6.07, 6.45) is 2.59. The van der Waals surface area contributed by atoms with Crippen LogP contribution in [0.2, 0.25) is 0 Å². The maximum Gasteiger partial charge on any atom is 0.246 e. The van der Waals surface area contributed by atoms with Gasteiger partial charge in [0.05, 0.1) is 0 Å². The van der Waals surface area contributed by atoms with E-state index in [0.29, 0.717) is 11.3 Å². The number of aryl methyl sites for hydroxylation is 1. The van der Waals surface area contributed by atoms with E-state index in [4.69, 9.17) is 5.73 Å². The summed E-state index contributed by atoms with van der Waals surface area (Å²) in [6.45, 7) is 5.38. The van der Waals surface area contributed by atoms with Gasteiger partial charge in [0, 0.05) is 17.8 Å². The molecule has 1 aliphatic heterocycles. The highest BCUT2D eigenvalue weighted by Crippen LogP contribution is 2.32. The molecular weight excluding hydrogens is 279 g/mol. The molecule has 2 unspecified atom stereocenters. The highest BCUT2D eigenvalue weighted by atomic mass is 32.2. The van der Waals surface area contributed by atoms with Crippen molar-refractivity contribution in [3.63, 3.8) is 0 Å². The number of benzene rings is 1. The van der Waals surface area contributed by atoms with Gasteiger partial charge in [0.25, 0.3) is 0 Å². The molecule has 2 N–H and O–H groups in total. The van der Waals surface area contributed by atoms with Crippen molar-refractivity contribution in [1.82, 2.24) is 4.31 Å². The van der Waals surface area contributed by atoms with Gasteiger partial charge in [-0.1, -0.05) is 6.42 Å². The van der Waals surface area contributed by atoms with Crippen molar-refractivity contribution in [3.05, 3.63) is 23.5 Å². The minimum atomic E-state index is -3.85. The highest BCUT2D eigenvalue weighted by molar-refractivity contribution is 7.89. The van der Waals surface area contributed by atoms with Gasteiger partial charge in [-0.2, -0.15) is 4.31 Å². The monoisotopic (exact) mass is 300 g/mol. The predicted octanol–water partition coefficient (Wildman–Crippen LogP) is 2.67. The molecule has 1 aromatic carbocycles. The molecule has 4 nitrogen and oxygen atoms in total. The Hall–Kier alpha value is -1.14. The Morgan fingerprint density at radius 2 is 1.80 bits per heavy atom. The molecule has 0 bridgehead atoms. The first-order valence-corrected chi connectivity index (χ1v) is 8.28. The molecule has 112 valence electrons. The zero-order valence-electron chi connectivity index (χ0n) is 12.1. The molecule has 0 aromatic heterocycles. The summed E-state index contributed by atoms with van der Waals surface area (Å²) in [4.78, 5) is -0.318. The summed E-state index contributed by atoms with van der Waals surface area (Å²) in [5.41, 5.74) is 6.57. The Balaban J connectivity index is 2.52. The molecule has 0 spiro atoms. The van der Waals surface area contributed by atoms with E-state index in [1.807, 2.05) is 13.8 Å². The van der Waals surface area contributed by atoms with E-state index in [1.165, 1.54) is 16.4 Å². The molecule has 0 saturated carbocycles. The fraction of sp³-hybridized carbons (Fsp3) is 0.571. The van der Waals surface area contributed by atoms with E-state index in [-0.39, 0.29) is 17.0 Å². The van der Waals surface area contributed by atoms with Crippen molar-refractivity contribution in [2.75, 3.05) is 5.73 Å². The van der Waals surface area contributed by atoms with E-state index >= 15 is 0 Å². The lowest BCUT2D eigenvalue weighted by Gasteiger charge is -2.37. The second-order valence-corrected chi connectivity index (χ2v) is 7.41. The molecule has 20 heavy (non-hydrogen) atoms. The van der Waals surface area contributed by atoms with E-state index in [0.717, 1.165) is 19.3 Å². The summed E-state index contributed by atoms with van der Waals surface area (Å²) in [5.74, 6) is -0.735. The van der Waals surface area contributed by atoms with Crippen molar-refractivity contribution in [2.24, 2.45) is 0 Å². The van der Waals surface area contributed by atoms with Gasteiger partial charge in [0.1, 0.15) is 10.7 Å². The van der Waals surface area contributed by atoms with E-state index in [2.05, 4.69) is 0 Å². The zero-order chi connectivity index (χ0) is 15.1. The van der Waals surface area contributed by atoms with Gasteiger partial charge in [0.15, 0.2) is 0 Å². The molecule has 0 radical (unpaired) electrons. The smallest absolute Gasteiger partial charge is 0.246 e. The maximum atomic E-state index is 14.1. The van der Waals surface area contributed by atoms with E-state index in [9.17, 15) is 12.8 Å². The number of nitrogen functional groups attached to an aromatic ring is 1. The third kappa shape index (κ3) is 2.54. The summed E-state index contributed by atoms with van der Waals surface area (Å²) < 4.78 is 40.9. The van der Waals surface area contributed by atoms with Crippen LogP contribution in [0.25, 0.3) is 0 Å². The SMILES string of the molecule is Cc1cc(F)c(S(=O)(=O)N2C(C)CCCC2C)cc1N. The number of rotatable bonds is 2. The average Bonchev–Trinajstić information content (AvgIpc) is 2.33. The largest absolute Gasteiger partial charge is 0.398 e. The molecule has 0 amide bonds. The molecular formula is C14H21FN2O2S. The quantitative estimate of drug-likeness (QED) is 0.854. The summed E-state index contributed by atoms with van der Waals surface area (Å²) in [6, 6.07) is 2.17. The Morgan fingerprint density at radius 1 is 1.25 bits per heavy atom. The van der Waals surface area contributed by atoms with Crippen LogP contribution in [-0.2, 0) is 10.0 Å². The number of hydrogen-bond donors (Lipinski definition) is 1. The Kier molecular flexibility index (Phi) is 4.07. The molecule has 2 rings (SSSR count). The van der Waals surface area contributed by atoms with E-state index in [1.54, 1.807) is 6.92 Å². The van der Waals surface area contributed by atoms with Crippen LogP contribution in [0.15, 0.2) is 17.0 Å². The van der Waals surface area contributed by atoms with Gasteiger partial charge in [-0.25, -0.2) is 12.8 Å². The third-order valence-electron chi connectivity index (χ3n) is 3.99. The molecule has 1 fully saturated rings. The van der Waals surface area contributed by atoms with Crippen molar-refractivity contribution < 1.29 is 12.8 Å². The van der Waals surface area contributed by atoms with Gasteiger partial charge in [-0.3, -0.25) is 0 Å². The lowest BCUT2D eigenvalue weighted by molar-refractivity contribution is 0.203. The second-order valence-electron chi connectivity index (χ2n) is 5.60. The van der Waals surface area contributed by atoms with Crippen LogP contribution in [0.4, 0.5) is 10.1 Å². The predicted molar refractivity (Wildman–Crippen MR) is 77.3 cm³/mol. The van der Waals surface area contributed by atoms with Gasteiger partial charge < -0.3 is 5.73 Å². The molecule has 6 heteroatoms.